The molecule has 2 nitrogen and oxygen atoms in total. The predicted molar refractivity (Wildman–Crippen MR) is 93.4 cm³/mol. The van der Waals surface area contributed by atoms with Crippen LogP contribution in [0.3, 0.4) is 0 Å². The van der Waals surface area contributed by atoms with E-state index in [0.717, 1.165) is 5.56 Å². The second-order valence-corrected chi connectivity index (χ2v) is 5.75. The Morgan fingerprint density at radius 3 is 2.00 bits per heavy atom. The molecule has 0 bridgehead atoms. The van der Waals surface area contributed by atoms with E-state index in [1.165, 1.54) is 33.1 Å². The van der Waals surface area contributed by atoms with Gasteiger partial charge in [0.25, 0.3) is 0 Å². The molecule has 0 aliphatic heterocycles. The molecule has 2 heteroatoms. The van der Waals surface area contributed by atoms with Crippen LogP contribution in [0.25, 0.3) is 27.5 Å². The van der Waals surface area contributed by atoms with E-state index in [2.05, 4.69) is 78.2 Å². The summed E-state index contributed by atoms with van der Waals surface area (Å²) in [6.45, 7) is 2.68. The molecule has 0 saturated heterocycles. The summed E-state index contributed by atoms with van der Waals surface area (Å²) >= 11 is 0. The maximum atomic E-state index is 5.86. The summed E-state index contributed by atoms with van der Waals surface area (Å²) in [7, 11) is 0. The van der Waals surface area contributed by atoms with Crippen molar-refractivity contribution in [2.45, 2.75) is 13.5 Å². The van der Waals surface area contributed by atoms with E-state index >= 15 is 0 Å². The number of rotatable bonds is 2. The van der Waals surface area contributed by atoms with Gasteiger partial charge in [0, 0.05) is 23.0 Å². The Balaban J connectivity index is 2.15. The van der Waals surface area contributed by atoms with Crippen LogP contribution in [0.4, 0.5) is 0 Å². The third-order valence-corrected chi connectivity index (χ3v) is 4.20. The van der Waals surface area contributed by atoms with Crippen molar-refractivity contribution >= 4 is 21.8 Å². The lowest BCUT2D eigenvalue weighted by Gasteiger charge is -2.11. The standard InChI is InChI=1S/C20H18N2/c1-14-10-15(13-21)12-16(11-14)22-19-8-4-2-6-17(19)18-7-3-5-9-20(18)22/h2-12H,13,21H2,1H3. The third kappa shape index (κ3) is 1.92. The summed E-state index contributed by atoms with van der Waals surface area (Å²) in [6.07, 6.45) is 0. The minimum Gasteiger partial charge on any atom is -0.326 e. The van der Waals surface area contributed by atoms with Crippen LogP contribution in [0.15, 0.2) is 66.7 Å². The molecule has 2 N–H and O–H groups in total. The maximum absolute atomic E-state index is 5.86. The van der Waals surface area contributed by atoms with Crippen LogP contribution in [-0.4, -0.2) is 4.57 Å². The number of benzene rings is 3. The summed E-state index contributed by atoms with van der Waals surface area (Å²) in [5, 5.41) is 2.57. The van der Waals surface area contributed by atoms with Crippen LogP contribution in [0.1, 0.15) is 11.1 Å². The zero-order valence-corrected chi connectivity index (χ0v) is 12.6. The van der Waals surface area contributed by atoms with Crippen molar-refractivity contribution in [1.29, 1.82) is 0 Å². The van der Waals surface area contributed by atoms with Crippen LogP contribution >= 0.6 is 0 Å². The lowest BCUT2D eigenvalue weighted by Crippen LogP contribution is -2.00. The van der Waals surface area contributed by atoms with E-state index in [4.69, 9.17) is 5.73 Å². The molecule has 108 valence electrons. The number of nitrogens with zero attached hydrogens (tertiary/aromatic N) is 1. The van der Waals surface area contributed by atoms with Gasteiger partial charge in [-0.2, -0.15) is 0 Å². The van der Waals surface area contributed by atoms with Crippen LogP contribution in [0, 0.1) is 6.92 Å². The molecule has 0 atom stereocenters. The van der Waals surface area contributed by atoms with Crippen molar-refractivity contribution in [2.75, 3.05) is 0 Å². The Morgan fingerprint density at radius 1 is 0.818 bits per heavy atom. The van der Waals surface area contributed by atoms with Crippen LogP contribution in [-0.2, 0) is 6.54 Å². The summed E-state index contributed by atoms with van der Waals surface area (Å²) in [5.74, 6) is 0. The third-order valence-electron chi connectivity index (χ3n) is 4.20. The summed E-state index contributed by atoms with van der Waals surface area (Å²) < 4.78 is 2.33. The summed E-state index contributed by atoms with van der Waals surface area (Å²) in [6, 6.07) is 23.7. The van der Waals surface area contributed by atoms with E-state index in [1.807, 2.05) is 0 Å². The summed E-state index contributed by atoms with van der Waals surface area (Å²) in [4.78, 5) is 0. The zero-order valence-electron chi connectivity index (χ0n) is 12.6. The highest BCUT2D eigenvalue weighted by molar-refractivity contribution is 6.09. The first-order valence-corrected chi connectivity index (χ1v) is 7.57. The van der Waals surface area contributed by atoms with Crippen molar-refractivity contribution in [1.82, 2.24) is 4.57 Å². The lowest BCUT2D eigenvalue weighted by molar-refractivity contribution is 1.05. The molecule has 0 aliphatic rings. The van der Waals surface area contributed by atoms with E-state index in [1.54, 1.807) is 0 Å². The largest absolute Gasteiger partial charge is 0.326 e. The van der Waals surface area contributed by atoms with Crippen LogP contribution in [0.2, 0.25) is 0 Å². The number of nitrogens with two attached hydrogens (primary N) is 1. The molecule has 1 aromatic heterocycles. The normalized spacial score (nSPS) is 11.4. The van der Waals surface area contributed by atoms with E-state index in [0.29, 0.717) is 6.54 Å². The number of aryl methyl sites for hydroxylation is 1. The van der Waals surface area contributed by atoms with E-state index in [-0.39, 0.29) is 0 Å². The van der Waals surface area contributed by atoms with Gasteiger partial charge in [-0.15, -0.1) is 0 Å². The highest BCUT2D eigenvalue weighted by Gasteiger charge is 2.11. The average molecular weight is 286 g/mol. The average Bonchev–Trinajstić information content (AvgIpc) is 2.89. The second kappa shape index (κ2) is 5.00. The minimum atomic E-state index is 0.561. The molecule has 4 aromatic rings. The van der Waals surface area contributed by atoms with Gasteiger partial charge in [-0.25, -0.2) is 0 Å². The van der Waals surface area contributed by atoms with Gasteiger partial charge in [0.2, 0.25) is 0 Å². The molecule has 4 rings (SSSR count). The van der Waals surface area contributed by atoms with Gasteiger partial charge in [-0.3, -0.25) is 0 Å². The van der Waals surface area contributed by atoms with Crippen molar-refractivity contribution in [3.63, 3.8) is 0 Å². The number of fused-ring (bicyclic) bond motifs is 3. The van der Waals surface area contributed by atoms with E-state index < -0.39 is 0 Å². The summed E-state index contributed by atoms with van der Waals surface area (Å²) in [5.41, 5.74) is 11.9. The highest BCUT2D eigenvalue weighted by Crippen LogP contribution is 2.32. The fraction of sp³-hybridized carbons (Fsp3) is 0.100. The Bertz CT molecular complexity index is 926. The Kier molecular flexibility index (Phi) is 2.98. The van der Waals surface area contributed by atoms with Gasteiger partial charge < -0.3 is 10.3 Å². The van der Waals surface area contributed by atoms with Crippen LogP contribution < -0.4 is 5.73 Å². The molecule has 0 spiro atoms. The zero-order chi connectivity index (χ0) is 15.1. The molecule has 0 fully saturated rings. The molecular formula is C20H18N2. The molecule has 0 aliphatic carbocycles. The molecule has 1 heterocycles. The van der Waals surface area contributed by atoms with Gasteiger partial charge in [0.15, 0.2) is 0 Å². The smallest absolute Gasteiger partial charge is 0.0541 e. The van der Waals surface area contributed by atoms with Gasteiger partial charge in [-0.05, 0) is 42.3 Å². The maximum Gasteiger partial charge on any atom is 0.0541 e. The molecule has 3 aromatic carbocycles. The van der Waals surface area contributed by atoms with Crippen LogP contribution in [0.5, 0.6) is 0 Å². The fourth-order valence-corrected chi connectivity index (χ4v) is 3.29. The number of aromatic nitrogens is 1. The first-order valence-electron chi connectivity index (χ1n) is 7.57. The number of hydrogen-bond donors (Lipinski definition) is 1. The first-order chi connectivity index (χ1) is 10.8. The monoisotopic (exact) mass is 286 g/mol. The van der Waals surface area contributed by atoms with Crippen molar-refractivity contribution in [3.05, 3.63) is 77.9 Å². The molecule has 0 saturated carbocycles. The molecular weight excluding hydrogens is 268 g/mol. The van der Waals surface area contributed by atoms with Crippen molar-refractivity contribution in [2.24, 2.45) is 5.73 Å². The Labute approximate surface area is 129 Å². The second-order valence-electron chi connectivity index (χ2n) is 5.75. The molecule has 0 amide bonds. The Morgan fingerprint density at radius 2 is 1.41 bits per heavy atom. The topological polar surface area (TPSA) is 30.9 Å². The van der Waals surface area contributed by atoms with E-state index in [9.17, 15) is 0 Å². The molecule has 0 unspecified atom stereocenters. The SMILES string of the molecule is Cc1cc(CN)cc(-n2c3ccccc3c3ccccc32)c1. The van der Waals surface area contributed by atoms with Gasteiger partial charge in [0.1, 0.15) is 0 Å². The van der Waals surface area contributed by atoms with Crippen molar-refractivity contribution in [3.8, 4) is 5.69 Å². The number of para-hydroxylation sites is 2. The fourth-order valence-electron chi connectivity index (χ4n) is 3.29. The lowest BCUT2D eigenvalue weighted by atomic mass is 10.1. The van der Waals surface area contributed by atoms with Gasteiger partial charge in [0.05, 0.1) is 11.0 Å². The number of hydrogen-bond acceptors (Lipinski definition) is 1. The van der Waals surface area contributed by atoms with Gasteiger partial charge in [-0.1, -0.05) is 42.5 Å². The molecule has 0 radical (unpaired) electrons. The highest BCUT2D eigenvalue weighted by atomic mass is 15.0. The predicted octanol–water partition coefficient (Wildman–Crippen LogP) is 4.55. The Hall–Kier alpha value is -2.58. The first kappa shape index (κ1) is 13.1. The quantitative estimate of drug-likeness (QED) is 0.576. The van der Waals surface area contributed by atoms with Gasteiger partial charge >= 0.3 is 0 Å². The molecule has 22 heavy (non-hydrogen) atoms. The van der Waals surface area contributed by atoms with Crippen molar-refractivity contribution < 1.29 is 0 Å². The minimum absolute atomic E-state index is 0.561.